The Bertz CT molecular complexity index is 469. The molecule has 0 spiro atoms. The molecule has 3 atom stereocenters. The van der Waals surface area contributed by atoms with E-state index in [0.29, 0.717) is 10.9 Å². The summed E-state index contributed by atoms with van der Waals surface area (Å²) < 4.78 is 6.35. The van der Waals surface area contributed by atoms with E-state index in [0.717, 1.165) is 27.6 Å². The fourth-order valence-corrected chi connectivity index (χ4v) is 4.66. The minimum absolute atomic E-state index is 0.0465. The van der Waals surface area contributed by atoms with Crippen LogP contribution in [0.25, 0.3) is 0 Å². The first-order valence-corrected chi connectivity index (χ1v) is 7.59. The first kappa shape index (κ1) is 12.8. The van der Waals surface area contributed by atoms with E-state index in [4.69, 9.17) is 22.1 Å². The highest BCUT2D eigenvalue weighted by Crippen LogP contribution is 2.62. The van der Waals surface area contributed by atoms with Crippen molar-refractivity contribution in [2.24, 2.45) is 23.5 Å². The van der Waals surface area contributed by atoms with E-state index in [-0.39, 0.29) is 6.04 Å². The van der Waals surface area contributed by atoms with Crippen molar-refractivity contribution >= 4 is 27.5 Å². The lowest BCUT2D eigenvalue weighted by Crippen LogP contribution is -2.16. The number of benzene rings is 1. The molecule has 98 valence electrons. The average Bonchev–Trinajstić information content (AvgIpc) is 2.80. The maximum Gasteiger partial charge on any atom is 0.137 e. The molecule has 0 aliphatic heterocycles. The Kier molecular flexibility index (Phi) is 3.33. The molecule has 0 heterocycles. The molecule has 0 saturated heterocycles. The second-order valence-corrected chi connectivity index (χ2v) is 6.66. The largest absolute Gasteiger partial charge is 0.495 e. The minimum Gasteiger partial charge on any atom is -0.495 e. The third kappa shape index (κ3) is 1.97. The summed E-state index contributed by atoms with van der Waals surface area (Å²) in [7, 11) is 1.68. The highest BCUT2D eigenvalue weighted by atomic mass is 79.9. The third-order valence-corrected chi connectivity index (χ3v) is 5.30. The van der Waals surface area contributed by atoms with Gasteiger partial charge in [0.05, 0.1) is 11.6 Å². The van der Waals surface area contributed by atoms with Crippen molar-refractivity contribution in [1.29, 1.82) is 0 Å². The van der Waals surface area contributed by atoms with Gasteiger partial charge in [-0.3, -0.25) is 0 Å². The summed E-state index contributed by atoms with van der Waals surface area (Å²) in [4.78, 5) is 0. The SMILES string of the molecule is COc1c(Br)cc(Cl)cc1C(N)C1C2CCCC21. The van der Waals surface area contributed by atoms with Gasteiger partial charge in [-0.25, -0.2) is 0 Å². The van der Waals surface area contributed by atoms with Crippen LogP contribution in [0.2, 0.25) is 5.02 Å². The van der Waals surface area contributed by atoms with Gasteiger partial charge >= 0.3 is 0 Å². The van der Waals surface area contributed by atoms with Crippen molar-refractivity contribution in [2.45, 2.75) is 25.3 Å². The van der Waals surface area contributed by atoms with Crippen LogP contribution in [0.1, 0.15) is 30.9 Å². The molecule has 0 bridgehead atoms. The summed E-state index contributed by atoms with van der Waals surface area (Å²) in [6.45, 7) is 0. The quantitative estimate of drug-likeness (QED) is 0.903. The molecule has 2 N–H and O–H groups in total. The highest BCUT2D eigenvalue weighted by molar-refractivity contribution is 9.10. The summed E-state index contributed by atoms with van der Waals surface area (Å²) in [6.07, 6.45) is 4.05. The number of hydrogen-bond acceptors (Lipinski definition) is 2. The molecule has 1 aromatic carbocycles. The normalized spacial score (nSPS) is 31.0. The number of methoxy groups -OCH3 is 1. The van der Waals surface area contributed by atoms with Gasteiger partial charge in [0.15, 0.2) is 0 Å². The standard InChI is InChI=1S/C14H17BrClNO/c1-18-14-10(5-7(16)6-11(14)15)13(17)12-8-3-2-4-9(8)12/h5-6,8-9,12-13H,2-4,17H2,1H3. The number of fused-ring (bicyclic) bond motifs is 1. The number of halogens is 2. The molecule has 2 aliphatic rings. The second kappa shape index (κ2) is 4.69. The second-order valence-electron chi connectivity index (χ2n) is 5.37. The van der Waals surface area contributed by atoms with Gasteiger partial charge in [-0.15, -0.1) is 0 Å². The van der Waals surface area contributed by atoms with Crippen molar-refractivity contribution in [2.75, 3.05) is 7.11 Å². The fourth-order valence-electron chi connectivity index (χ4n) is 3.66. The van der Waals surface area contributed by atoms with Crippen LogP contribution in [0.15, 0.2) is 16.6 Å². The summed E-state index contributed by atoms with van der Waals surface area (Å²) in [6, 6.07) is 3.85. The molecule has 0 aromatic heterocycles. The van der Waals surface area contributed by atoms with Gasteiger partial charge in [0, 0.05) is 16.6 Å². The van der Waals surface area contributed by atoms with Crippen LogP contribution in [-0.4, -0.2) is 7.11 Å². The molecule has 4 heteroatoms. The van der Waals surface area contributed by atoms with E-state index >= 15 is 0 Å². The molecule has 2 nitrogen and oxygen atoms in total. The lowest BCUT2D eigenvalue weighted by molar-refractivity contribution is 0.395. The van der Waals surface area contributed by atoms with Gasteiger partial charge in [-0.2, -0.15) is 0 Å². The topological polar surface area (TPSA) is 35.2 Å². The Morgan fingerprint density at radius 2 is 2.06 bits per heavy atom. The Hall–Kier alpha value is -0.250. The maximum atomic E-state index is 6.45. The Labute approximate surface area is 121 Å². The Balaban J connectivity index is 1.91. The van der Waals surface area contributed by atoms with E-state index in [1.54, 1.807) is 7.11 Å². The van der Waals surface area contributed by atoms with Crippen molar-refractivity contribution in [3.63, 3.8) is 0 Å². The van der Waals surface area contributed by atoms with E-state index in [2.05, 4.69) is 15.9 Å². The van der Waals surface area contributed by atoms with Crippen LogP contribution in [0, 0.1) is 17.8 Å². The first-order chi connectivity index (χ1) is 8.63. The van der Waals surface area contributed by atoms with Gasteiger partial charge in [0.1, 0.15) is 5.75 Å². The van der Waals surface area contributed by atoms with Crippen LogP contribution < -0.4 is 10.5 Å². The first-order valence-electron chi connectivity index (χ1n) is 6.42. The lowest BCUT2D eigenvalue weighted by atomic mass is 9.97. The molecular weight excluding hydrogens is 314 g/mol. The molecule has 2 fully saturated rings. The fraction of sp³-hybridized carbons (Fsp3) is 0.571. The molecular formula is C14H17BrClNO. The maximum absolute atomic E-state index is 6.45. The molecule has 18 heavy (non-hydrogen) atoms. The molecule has 1 aromatic rings. The van der Waals surface area contributed by atoms with Crippen LogP contribution in [0.3, 0.4) is 0 Å². The zero-order valence-corrected chi connectivity index (χ0v) is 12.7. The smallest absolute Gasteiger partial charge is 0.137 e. The van der Waals surface area contributed by atoms with Crippen LogP contribution in [0.4, 0.5) is 0 Å². The molecule has 2 aliphatic carbocycles. The third-order valence-electron chi connectivity index (χ3n) is 4.49. The predicted molar refractivity (Wildman–Crippen MR) is 77.0 cm³/mol. The summed E-state index contributed by atoms with van der Waals surface area (Å²) >= 11 is 9.62. The zero-order valence-electron chi connectivity index (χ0n) is 10.3. The summed E-state index contributed by atoms with van der Waals surface area (Å²) in [5.41, 5.74) is 7.48. The number of hydrogen-bond donors (Lipinski definition) is 1. The molecule has 2 saturated carbocycles. The molecule has 3 unspecified atom stereocenters. The number of ether oxygens (including phenoxy) is 1. The highest BCUT2D eigenvalue weighted by Gasteiger charge is 2.55. The van der Waals surface area contributed by atoms with Crippen molar-refractivity contribution in [3.8, 4) is 5.75 Å². The van der Waals surface area contributed by atoms with Crippen LogP contribution >= 0.6 is 27.5 Å². The van der Waals surface area contributed by atoms with Crippen LogP contribution in [-0.2, 0) is 0 Å². The Morgan fingerprint density at radius 3 is 2.67 bits per heavy atom. The van der Waals surface area contributed by atoms with E-state index in [9.17, 15) is 0 Å². The predicted octanol–water partition coefficient (Wildman–Crippen LogP) is 4.16. The molecule has 3 rings (SSSR count). The van der Waals surface area contributed by atoms with Gasteiger partial charge in [-0.1, -0.05) is 18.0 Å². The summed E-state index contributed by atoms with van der Waals surface area (Å²) in [5, 5.41) is 0.707. The van der Waals surface area contributed by atoms with Gasteiger partial charge in [0.2, 0.25) is 0 Å². The summed E-state index contributed by atoms with van der Waals surface area (Å²) in [5.74, 6) is 3.12. The zero-order chi connectivity index (χ0) is 12.9. The molecule has 0 radical (unpaired) electrons. The van der Waals surface area contributed by atoms with Crippen molar-refractivity contribution < 1.29 is 4.74 Å². The lowest BCUT2D eigenvalue weighted by Gasteiger charge is -2.19. The van der Waals surface area contributed by atoms with Crippen LogP contribution in [0.5, 0.6) is 5.75 Å². The number of rotatable bonds is 3. The van der Waals surface area contributed by atoms with E-state index < -0.39 is 0 Å². The average molecular weight is 331 g/mol. The Morgan fingerprint density at radius 1 is 1.39 bits per heavy atom. The van der Waals surface area contributed by atoms with Gasteiger partial charge in [-0.05, 0) is 58.7 Å². The van der Waals surface area contributed by atoms with Gasteiger partial charge in [0.25, 0.3) is 0 Å². The van der Waals surface area contributed by atoms with Gasteiger partial charge < -0.3 is 10.5 Å². The number of nitrogens with two attached hydrogens (primary N) is 1. The van der Waals surface area contributed by atoms with Crippen molar-refractivity contribution in [3.05, 3.63) is 27.2 Å². The molecule has 0 amide bonds. The van der Waals surface area contributed by atoms with E-state index in [1.165, 1.54) is 19.3 Å². The van der Waals surface area contributed by atoms with Crippen molar-refractivity contribution in [1.82, 2.24) is 0 Å². The minimum atomic E-state index is 0.0465. The van der Waals surface area contributed by atoms with E-state index in [1.807, 2.05) is 12.1 Å². The monoisotopic (exact) mass is 329 g/mol.